The first-order valence-electron chi connectivity index (χ1n) is 9.12. The largest absolute Gasteiger partial charge is 0.424 e. The van der Waals surface area contributed by atoms with Gasteiger partial charge in [0.2, 0.25) is 21.8 Å². The van der Waals surface area contributed by atoms with Crippen molar-refractivity contribution in [2.75, 3.05) is 0 Å². The fourth-order valence-electron chi connectivity index (χ4n) is 2.73. The highest BCUT2D eigenvalue weighted by Gasteiger charge is 2.26. The second kappa shape index (κ2) is 9.32. The third-order valence-electron chi connectivity index (χ3n) is 4.23. The van der Waals surface area contributed by atoms with Crippen molar-refractivity contribution in [3.63, 3.8) is 0 Å². The molecule has 148 valence electrons. The van der Waals surface area contributed by atoms with Gasteiger partial charge in [-0.2, -0.15) is 4.72 Å². The first-order chi connectivity index (χ1) is 13.5. The maximum Gasteiger partial charge on any atom is 0.241 e. The number of sulfonamides is 1. The Morgan fingerprint density at radius 2 is 1.79 bits per heavy atom. The van der Waals surface area contributed by atoms with Gasteiger partial charge in [0.25, 0.3) is 0 Å². The Morgan fingerprint density at radius 3 is 2.46 bits per heavy atom. The monoisotopic (exact) mass is 419 g/mol. The fraction of sp³-hybridized carbons (Fsp3) is 0.300. The lowest BCUT2D eigenvalue weighted by Gasteiger charge is -2.16. The minimum Gasteiger partial charge on any atom is -0.424 e. The van der Waals surface area contributed by atoms with Crippen molar-refractivity contribution in [3.8, 4) is 0 Å². The normalized spacial score (nSPS) is 12.8. The number of hydrogen-bond acceptors (Lipinski definition) is 5. The Balaban J connectivity index is 1.87. The molecule has 0 fully saturated rings. The minimum atomic E-state index is -3.79. The van der Waals surface area contributed by atoms with Crippen LogP contribution in [0.15, 0.2) is 63.9 Å². The standard InChI is InChI=1S/C20H22ClN3O3S/c1-2-3-9-19-22-23-20(27-19)18(14-15-7-5-4-6-8-15)24-28(25,26)17-12-10-16(21)11-13-17/h4-8,10-13,18,24H,2-3,9,14H2,1H3. The molecule has 0 saturated heterocycles. The molecule has 0 spiro atoms. The zero-order valence-corrected chi connectivity index (χ0v) is 17.1. The van der Waals surface area contributed by atoms with E-state index in [0.29, 0.717) is 23.8 Å². The molecule has 1 heterocycles. The van der Waals surface area contributed by atoms with Crippen molar-refractivity contribution >= 4 is 21.6 Å². The third kappa shape index (κ3) is 5.41. The summed E-state index contributed by atoms with van der Waals surface area (Å²) < 4.78 is 34.2. The lowest BCUT2D eigenvalue weighted by atomic mass is 10.1. The molecule has 0 bridgehead atoms. The molecule has 2 aromatic carbocycles. The predicted molar refractivity (Wildman–Crippen MR) is 108 cm³/mol. The first kappa shape index (κ1) is 20.5. The van der Waals surface area contributed by atoms with Crippen LogP contribution in [0.3, 0.4) is 0 Å². The van der Waals surface area contributed by atoms with Crippen molar-refractivity contribution in [2.24, 2.45) is 0 Å². The number of hydrogen-bond donors (Lipinski definition) is 1. The van der Waals surface area contributed by atoms with E-state index in [1.165, 1.54) is 24.3 Å². The predicted octanol–water partition coefficient (Wildman–Crippen LogP) is 4.33. The number of halogens is 1. The van der Waals surface area contributed by atoms with Crippen LogP contribution in [0.25, 0.3) is 0 Å². The summed E-state index contributed by atoms with van der Waals surface area (Å²) in [5, 5.41) is 8.62. The molecule has 1 aromatic heterocycles. The highest BCUT2D eigenvalue weighted by atomic mass is 35.5. The second-order valence-corrected chi connectivity index (χ2v) is 8.61. The topological polar surface area (TPSA) is 85.1 Å². The lowest BCUT2D eigenvalue weighted by Crippen LogP contribution is -2.30. The van der Waals surface area contributed by atoms with Crippen LogP contribution in [0.4, 0.5) is 0 Å². The van der Waals surface area contributed by atoms with Crippen LogP contribution in [0, 0.1) is 0 Å². The lowest BCUT2D eigenvalue weighted by molar-refractivity contribution is 0.398. The van der Waals surface area contributed by atoms with Gasteiger partial charge in [-0.25, -0.2) is 8.42 Å². The summed E-state index contributed by atoms with van der Waals surface area (Å²) in [4.78, 5) is 0.126. The number of aromatic nitrogens is 2. The minimum absolute atomic E-state index is 0.126. The SMILES string of the molecule is CCCCc1nnc(C(Cc2ccccc2)NS(=O)(=O)c2ccc(Cl)cc2)o1. The smallest absolute Gasteiger partial charge is 0.241 e. The van der Waals surface area contributed by atoms with E-state index in [2.05, 4.69) is 21.8 Å². The summed E-state index contributed by atoms with van der Waals surface area (Å²) in [6.45, 7) is 2.08. The summed E-state index contributed by atoms with van der Waals surface area (Å²) in [6, 6.07) is 14.9. The Bertz CT molecular complexity index is 989. The summed E-state index contributed by atoms with van der Waals surface area (Å²) in [6.07, 6.45) is 3.00. The summed E-state index contributed by atoms with van der Waals surface area (Å²) in [5.41, 5.74) is 0.958. The van der Waals surface area contributed by atoms with E-state index < -0.39 is 16.1 Å². The molecule has 0 saturated carbocycles. The molecule has 0 amide bonds. The second-order valence-electron chi connectivity index (χ2n) is 6.46. The van der Waals surface area contributed by atoms with Crippen LogP contribution < -0.4 is 4.72 Å². The summed E-state index contributed by atoms with van der Waals surface area (Å²) in [5.74, 6) is 0.771. The van der Waals surface area contributed by atoms with Gasteiger partial charge in [-0.1, -0.05) is 55.3 Å². The van der Waals surface area contributed by atoms with E-state index in [1.54, 1.807) is 0 Å². The molecule has 8 heteroatoms. The molecule has 6 nitrogen and oxygen atoms in total. The summed E-state index contributed by atoms with van der Waals surface area (Å²) >= 11 is 5.87. The number of nitrogens with one attached hydrogen (secondary N) is 1. The maximum atomic E-state index is 12.9. The van der Waals surface area contributed by atoms with Crippen molar-refractivity contribution in [3.05, 3.63) is 77.0 Å². The molecular formula is C20H22ClN3O3S. The van der Waals surface area contributed by atoms with E-state index in [-0.39, 0.29) is 10.8 Å². The molecule has 3 rings (SSSR count). The Kier molecular flexibility index (Phi) is 6.83. The van der Waals surface area contributed by atoms with E-state index >= 15 is 0 Å². The van der Waals surface area contributed by atoms with Gasteiger partial charge in [-0.05, 0) is 42.7 Å². The average molecular weight is 420 g/mol. The molecule has 1 atom stereocenters. The Labute approximate surface area is 170 Å². The molecule has 0 aliphatic carbocycles. The van der Waals surface area contributed by atoms with Crippen molar-refractivity contribution < 1.29 is 12.8 Å². The van der Waals surface area contributed by atoms with Gasteiger partial charge in [0.1, 0.15) is 6.04 Å². The number of aryl methyl sites for hydroxylation is 1. The highest BCUT2D eigenvalue weighted by molar-refractivity contribution is 7.89. The van der Waals surface area contributed by atoms with Crippen LogP contribution in [-0.2, 0) is 22.9 Å². The Morgan fingerprint density at radius 1 is 1.07 bits per heavy atom. The number of unbranched alkanes of at least 4 members (excludes halogenated alkanes) is 1. The van der Waals surface area contributed by atoms with Crippen LogP contribution in [-0.4, -0.2) is 18.6 Å². The molecule has 1 unspecified atom stereocenters. The average Bonchev–Trinajstić information content (AvgIpc) is 3.16. The highest BCUT2D eigenvalue weighted by Crippen LogP contribution is 2.22. The quantitative estimate of drug-likeness (QED) is 0.558. The molecule has 0 aliphatic rings. The molecule has 0 radical (unpaired) electrons. The van der Waals surface area contributed by atoms with Gasteiger partial charge >= 0.3 is 0 Å². The molecule has 3 aromatic rings. The summed E-state index contributed by atoms with van der Waals surface area (Å²) in [7, 11) is -3.79. The molecular weight excluding hydrogens is 398 g/mol. The number of benzene rings is 2. The van der Waals surface area contributed by atoms with Crippen molar-refractivity contribution in [1.29, 1.82) is 0 Å². The maximum absolute atomic E-state index is 12.9. The van der Waals surface area contributed by atoms with Crippen molar-refractivity contribution in [2.45, 2.75) is 43.5 Å². The zero-order valence-electron chi connectivity index (χ0n) is 15.5. The van der Waals surface area contributed by atoms with Crippen LogP contribution in [0.5, 0.6) is 0 Å². The van der Waals surface area contributed by atoms with Crippen LogP contribution in [0.1, 0.15) is 43.2 Å². The molecule has 28 heavy (non-hydrogen) atoms. The fourth-order valence-corrected chi connectivity index (χ4v) is 4.05. The zero-order chi connectivity index (χ0) is 20.0. The first-order valence-corrected chi connectivity index (χ1v) is 11.0. The third-order valence-corrected chi connectivity index (χ3v) is 5.97. The van der Waals surface area contributed by atoms with Crippen molar-refractivity contribution in [1.82, 2.24) is 14.9 Å². The Hall–Kier alpha value is -2.22. The number of nitrogens with zero attached hydrogens (tertiary/aromatic N) is 2. The van der Waals surface area contributed by atoms with Gasteiger partial charge in [0, 0.05) is 11.4 Å². The van der Waals surface area contributed by atoms with E-state index in [9.17, 15) is 8.42 Å². The van der Waals surface area contributed by atoms with Gasteiger partial charge < -0.3 is 4.42 Å². The van der Waals surface area contributed by atoms with Gasteiger partial charge in [0.05, 0.1) is 4.90 Å². The number of rotatable bonds is 9. The molecule has 0 aliphatic heterocycles. The van der Waals surface area contributed by atoms with Gasteiger partial charge in [-0.3, -0.25) is 0 Å². The van der Waals surface area contributed by atoms with E-state index in [4.69, 9.17) is 16.0 Å². The van der Waals surface area contributed by atoms with Gasteiger partial charge in [-0.15, -0.1) is 10.2 Å². The van der Waals surface area contributed by atoms with E-state index in [0.717, 1.165) is 18.4 Å². The van der Waals surface area contributed by atoms with Crippen LogP contribution in [0.2, 0.25) is 5.02 Å². The van der Waals surface area contributed by atoms with Gasteiger partial charge in [0.15, 0.2) is 0 Å². The van der Waals surface area contributed by atoms with Crippen LogP contribution >= 0.6 is 11.6 Å². The molecule has 1 N–H and O–H groups in total. The van der Waals surface area contributed by atoms with E-state index in [1.807, 2.05) is 30.3 Å².